The molecule has 2 aromatic rings. The van der Waals surface area contributed by atoms with Crippen LogP contribution in [0.5, 0.6) is 0 Å². The Hall–Kier alpha value is -2.58. The van der Waals surface area contributed by atoms with Gasteiger partial charge in [0.05, 0.1) is 21.2 Å². The Morgan fingerprint density at radius 1 is 1.30 bits per heavy atom. The van der Waals surface area contributed by atoms with Gasteiger partial charge in [-0.15, -0.1) is 0 Å². The smallest absolute Gasteiger partial charge is 0.269 e. The molecule has 0 unspecified atom stereocenters. The van der Waals surface area contributed by atoms with Gasteiger partial charge in [0.1, 0.15) is 6.07 Å². The van der Waals surface area contributed by atoms with Gasteiger partial charge in [-0.2, -0.15) is 5.26 Å². The molecule has 2 rings (SSSR count). The van der Waals surface area contributed by atoms with Crippen LogP contribution in [-0.4, -0.2) is 4.92 Å². The topological polar surface area (TPSA) is 79.0 Å². The minimum absolute atomic E-state index is 0.0379. The molecule has 0 bridgehead atoms. The van der Waals surface area contributed by atoms with E-state index in [1.165, 1.54) is 12.1 Å². The second-order valence-electron chi connectivity index (χ2n) is 4.05. The maximum absolute atomic E-state index is 10.7. The summed E-state index contributed by atoms with van der Waals surface area (Å²) >= 11 is 5.93. The fraction of sp³-hybridized carbons (Fsp3) is 0.0714. The number of nitrogens with one attached hydrogen (secondary N) is 1. The van der Waals surface area contributed by atoms with Crippen LogP contribution in [0.25, 0.3) is 0 Å². The molecule has 6 heteroatoms. The summed E-state index contributed by atoms with van der Waals surface area (Å²) in [5.74, 6) is 0. The van der Waals surface area contributed by atoms with Crippen LogP contribution in [0.15, 0.2) is 42.5 Å². The molecule has 0 saturated carbocycles. The normalized spacial score (nSPS) is 9.80. The van der Waals surface area contributed by atoms with E-state index < -0.39 is 4.92 Å². The Morgan fingerprint density at radius 3 is 2.75 bits per heavy atom. The summed E-state index contributed by atoms with van der Waals surface area (Å²) in [6.07, 6.45) is 0. The van der Waals surface area contributed by atoms with Gasteiger partial charge in [0, 0.05) is 18.7 Å². The Morgan fingerprint density at radius 2 is 2.05 bits per heavy atom. The molecular weight excluding hydrogens is 278 g/mol. The van der Waals surface area contributed by atoms with Crippen LogP contribution >= 0.6 is 11.6 Å². The van der Waals surface area contributed by atoms with Gasteiger partial charge in [-0.25, -0.2) is 0 Å². The van der Waals surface area contributed by atoms with E-state index in [0.29, 0.717) is 22.8 Å². The Balaban J connectivity index is 2.17. The quantitative estimate of drug-likeness (QED) is 0.686. The monoisotopic (exact) mass is 287 g/mol. The average molecular weight is 288 g/mol. The van der Waals surface area contributed by atoms with E-state index in [9.17, 15) is 10.1 Å². The van der Waals surface area contributed by atoms with E-state index in [-0.39, 0.29) is 5.69 Å². The molecule has 0 amide bonds. The van der Waals surface area contributed by atoms with Crippen molar-refractivity contribution in [3.63, 3.8) is 0 Å². The highest BCUT2D eigenvalue weighted by Gasteiger charge is 2.08. The first-order valence-corrected chi connectivity index (χ1v) is 6.15. The molecule has 0 heterocycles. The van der Waals surface area contributed by atoms with Crippen molar-refractivity contribution in [1.82, 2.24) is 0 Å². The second-order valence-corrected chi connectivity index (χ2v) is 4.46. The summed E-state index contributed by atoms with van der Waals surface area (Å²) in [6.45, 7) is 0.372. The predicted molar refractivity (Wildman–Crippen MR) is 76.6 cm³/mol. The maximum Gasteiger partial charge on any atom is 0.269 e. The van der Waals surface area contributed by atoms with E-state index >= 15 is 0 Å². The lowest BCUT2D eigenvalue weighted by Crippen LogP contribution is -2.02. The number of nitriles is 1. The van der Waals surface area contributed by atoms with E-state index in [1.54, 1.807) is 30.3 Å². The molecule has 0 aliphatic rings. The molecule has 0 fully saturated rings. The number of nitro benzene ring substituents is 1. The third-order valence-electron chi connectivity index (χ3n) is 2.73. The molecule has 0 atom stereocenters. The summed E-state index contributed by atoms with van der Waals surface area (Å²) in [6, 6.07) is 13.5. The van der Waals surface area contributed by atoms with Crippen molar-refractivity contribution in [3.8, 4) is 6.07 Å². The van der Waals surface area contributed by atoms with E-state index in [0.717, 1.165) is 5.56 Å². The van der Waals surface area contributed by atoms with Crippen LogP contribution in [-0.2, 0) is 6.54 Å². The van der Waals surface area contributed by atoms with Crippen molar-refractivity contribution in [3.05, 3.63) is 68.7 Å². The Labute approximate surface area is 120 Å². The minimum atomic E-state index is -0.441. The van der Waals surface area contributed by atoms with Gasteiger partial charge < -0.3 is 5.32 Å². The number of nitrogens with zero attached hydrogens (tertiary/aromatic N) is 2. The molecule has 2 aromatic carbocycles. The third-order valence-corrected chi connectivity index (χ3v) is 3.04. The zero-order valence-electron chi connectivity index (χ0n) is 10.3. The van der Waals surface area contributed by atoms with Crippen LogP contribution < -0.4 is 5.32 Å². The number of non-ortho nitro benzene ring substituents is 1. The van der Waals surface area contributed by atoms with E-state index in [4.69, 9.17) is 16.9 Å². The SMILES string of the molecule is N#Cc1c(Cl)cccc1NCc1cccc([N+](=O)[O-])c1. The standard InChI is InChI=1S/C14H10ClN3O2/c15-13-5-2-6-14(12(13)8-16)17-9-10-3-1-4-11(7-10)18(19)20/h1-7,17H,9H2. The van der Waals surface area contributed by atoms with Crippen molar-refractivity contribution < 1.29 is 4.92 Å². The molecule has 0 aliphatic heterocycles. The highest BCUT2D eigenvalue weighted by Crippen LogP contribution is 2.24. The van der Waals surface area contributed by atoms with Crippen molar-refractivity contribution in [1.29, 1.82) is 5.26 Å². The van der Waals surface area contributed by atoms with Crippen molar-refractivity contribution in [2.24, 2.45) is 0 Å². The lowest BCUT2D eigenvalue weighted by atomic mass is 10.1. The fourth-order valence-corrected chi connectivity index (χ4v) is 1.98. The summed E-state index contributed by atoms with van der Waals surface area (Å²) in [4.78, 5) is 10.3. The van der Waals surface area contributed by atoms with Crippen molar-refractivity contribution >= 4 is 23.0 Å². The second kappa shape index (κ2) is 6.04. The van der Waals surface area contributed by atoms with Gasteiger partial charge in [0.2, 0.25) is 0 Å². The zero-order chi connectivity index (χ0) is 14.5. The number of nitro groups is 1. The first-order chi connectivity index (χ1) is 9.61. The van der Waals surface area contributed by atoms with Crippen LogP contribution in [0.2, 0.25) is 5.02 Å². The molecule has 0 aromatic heterocycles. The van der Waals surface area contributed by atoms with Gasteiger partial charge in [0.25, 0.3) is 5.69 Å². The summed E-state index contributed by atoms with van der Waals surface area (Å²) < 4.78 is 0. The average Bonchev–Trinajstić information content (AvgIpc) is 2.45. The van der Waals surface area contributed by atoms with Crippen molar-refractivity contribution in [2.45, 2.75) is 6.54 Å². The lowest BCUT2D eigenvalue weighted by molar-refractivity contribution is -0.384. The molecule has 0 aliphatic carbocycles. The maximum atomic E-state index is 10.7. The van der Waals surface area contributed by atoms with Gasteiger partial charge >= 0.3 is 0 Å². The minimum Gasteiger partial charge on any atom is -0.380 e. The van der Waals surface area contributed by atoms with E-state index in [1.807, 2.05) is 6.07 Å². The molecule has 0 radical (unpaired) electrons. The first kappa shape index (κ1) is 13.8. The predicted octanol–water partition coefficient (Wildman–Crippen LogP) is 3.73. The number of halogens is 1. The Kier molecular flexibility index (Phi) is 4.18. The van der Waals surface area contributed by atoms with Gasteiger partial charge in [-0.3, -0.25) is 10.1 Å². The van der Waals surface area contributed by atoms with Gasteiger partial charge in [0.15, 0.2) is 0 Å². The largest absolute Gasteiger partial charge is 0.380 e. The summed E-state index contributed by atoms with van der Waals surface area (Å²) in [5, 5.41) is 23.2. The number of hydrogen-bond acceptors (Lipinski definition) is 4. The molecule has 100 valence electrons. The van der Waals surface area contributed by atoms with Crippen LogP contribution in [0, 0.1) is 21.4 Å². The van der Waals surface area contributed by atoms with Crippen LogP contribution in [0.3, 0.4) is 0 Å². The number of anilines is 1. The first-order valence-electron chi connectivity index (χ1n) is 5.77. The zero-order valence-corrected chi connectivity index (χ0v) is 11.1. The lowest BCUT2D eigenvalue weighted by Gasteiger charge is -2.09. The fourth-order valence-electron chi connectivity index (χ4n) is 1.76. The Bertz CT molecular complexity index is 695. The summed E-state index contributed by atoms with van der Waals surface area (Å²) in [7, 11) is 0. The molecular formula is C14H10ClN3O2. The number of benzene rings is 2. The highest BCUT2D eigenvalue weighted by atomic mass is 35.5. The van der Waals surface area contributed by atoms with Gasteiger partial charge in [-0.05, 0) is 17.7 Å². The highest BCUT2D eigenvalue weighted by molar-refractivity contribution is 6.32. The van der Waals surface area contributed by atoms with Gasteiger partial charge in [-0.1, -0.05) is 29.8 Å². The van der Waals surface area contributed by atoms with E-state index in [2.05, 4.69) is 5.32 Å². The number of rotatable bonds is 4. The third kappa shape index (κ3) is 3.05. The van der Waals surface area contributed by atoms with Crippen LogP contribution in [0.1, 0.15) is 11.1 Å². The molecule has 5 nitrogen and oxygen atoms in total. The van der Waals surface area contributed by atoms with Crippen LogP contribution in [0.4, 0.5) is 11.4 Å². The molecule has 1 N–H and O–H groups in total. The molecule has 20 heavy (non-hydrogen) atoms. The number of hydrogen-bond donors (Lipinski definition) is 1. The van der Waals surface area contributed by atoms with Crippen molar-refractivity contribution in [2.75, 3.05) is 5.32 Å². The molecule has 0 spiro atoms. The molecule has 0 saturated heterocycles. The summed E-state index contributed by atoms with van der Waals surface area (Å²) in [5.41, 5.74) is 1.75.